The van der Waals surface area contributed by atoms with Gasteiger partial charge >= 0.3 is 5.97 Å². The molecule has 0 aliphatic heterocycles. The second-order valence-electron chi connectivity index (χ2n) is 4.83. The number of phenols is 1. The third-order valence-corrected chi connectivity index (χ3v) is 3.47. The molecule has 0 saturated carbocycles. The van der Waals surface area contributed by atoms with E-state index >= 15 is 0 Å². The molecule has 2 rings (SSSR count). The Morgan fingerprint density at radius 3 is 2.20 bits per heavy atom. The van der Waals surface area contributed by atoms with E-state index in [0.29, 0.717) is 5.56 Å². The van der Waals surface area contributed by atoms with Gasteiger partial charge in [0, 0.05) is 6.07 Å². The lowest BCUT2D eigenvalue weighted by Crippen LogP contribution is -2.12. The third kappa shape index (κ3) is 4.07. The van der Waals surface area contributed by atoms with Crippen LogP contribution in [0.3, 0.4) is 0 Å². The highest BCUT2D eigenvalue weighted by Crippen LogP contribution is 2.38. The Morgan fingerprint density at radius 1 is 1.12 bits per heavy atom. The molecule has 0 aliphatic carbocycles. The summed E-state index contributed by atoms with van der Waals surface area (Å²) < 4.78 is 15.0. The smallest absolute Gasteiger partial charge is 0.339 e. The van der Waals surface area contributed by atoms with Crippen molar-refractivity contribution >= 4 is 29.8 Å². The summed E-state index contributed by atoms with van der Waals surface area (Å²) in [4.78, 5) is 28.9. The van der Waals surface area contributed by atoms with Gasteiger partial charge in [0.05, 0.1) is 32.6 Å². The minimum Gasteiger partial charge on any atom is -0.502 e. The summed E-state index contributed by atoms with van der Waals surface area (Å²) in [6.07, 6.45) is 1.45. The summed E-state index contributed by atoms with van der Waals surface area (Å²) in [5, 5.41) is 9.96. The number of carbonyl (C=O) groups excluding carboxylic acids is 1. The first kappa shape index (κ1) is 18.3. The van der Waals surface area contributed by atoms with Gasteiger partial charge in [0.1, 0.15) is 0 Å². The molecule has 3 N–H and O–H groups in total. The van der Waals surface area contributed by atoms with Crippen molar-refractivity contribution in [3.63, 3.8) is 0 Å². The van der Waals surface area contributed by atoms with Gasteiger partial charge in [0.2, 0.25) is 5.75 Å². The van der Waals surface area contributed by atoms with Crippen molar-refractivity contribution in [3.8, 4) is 17.2 Å². The largest absolute Gasteiger partial charge is 0.502 e. The van der Waals surface area contributed by atoms with Crippen LogP contribution in [0.4, 0.5) is 0 Å². The molecule has 1 heterocycles. The Balaban J connectivity index is 2.68. The van der Waals surface area contributed by atoms with Gasteiger partial charge in [-0.25, -0.2) is 4.79 Å². The predicted molar refractivity (Wildman–Crippen MR) is 93.3 cm³/mol. The summed E-state index contributed by atoms with van der Waals surface area (Å²) in [6.45, 7) is 0. The lowest BCUT2D eigenvalue weighted by Gasteiger charge is -2.11. The molecule has 0 unspecified atom stereocenters. The molecule has 0 saturated heterocycles. The summed E-state index contributed by atoms with van der Waals surface area (Å²) in [6, 6.07) is 4.19. The van der Waals surface area contributed by atoms with Crippen molar-refractivity contribution < 1.29 is 24.1 Å². The molecule has 132 valence electrons. The zero-order valence-electron chi connectivity index (χ0n) is 13.7. The number of esters is 1. The van der Waals surface area contributed by atoms with E-state index in [2.05, 4.69) is 9.97 Å². The van der Waals surface area contributed by atoms with Crippen LogP contribution in [0.1, 0.15) is 11.3 Å². The maximum Gasteiger partial charge on any atom is 0.339 e. The number of rotatable bonds is 5. The van der Waals surface area contributed by atoms with Crippen LogP contribution >= 0.6 is 12.2 Å². The minimum absolute atomic E-state index is 0.0643. The molecule has 0 atom stereocenters. The molecular weight excluding hydrogens is 348 g/mol. The number of nitrogens with one attached hydrogen (secondary N) is 2. The van der Waals surface area contributed by atoms with Crippen LogP contribution in [0.15, 0.2) is 23.0 Å². The number of aromatic nitrogens is 2. The second kappa shape index (κ2) is 7.67. The molecule has 0 aliphatic rings. The maximum absolute atomic E-state index is 12.1. The Morgan fingerprint density at radius 2 is 1.72 bits per heavy atom. The van der Waals surface area contributed by atoms with E-state index in [4.69, 9.17) is 26.4 Å². The molecule has 1 aromatic heterocycles. The highest BCUT2D eigenvalue weighted by atomic mass is 32.1. The van der Waals surface area contributed by atoms with E-state index in [9.17, 15) is 14.7 Å². The third-order valence-electron chi connectivity index (χ3n) is 3.27. The number of benzene rings is 1. The molecule has 1 aromatic carbocycles. The lowest BCUT2D eigenvalue weighted by atomic mass is 10.1. The maximum atomic E-state index is 12.1. The monoisotopic (exact) mass is 364 g/mol. The number of hydrogen-bond acceptors (Lipinski definition) is 7. The molecule has 0 fully saturated rings. The number of aromatic amines is 2. The van der Waals surface area contributed by atoms with Crippen molar-refractivity contribution in [1.29, 1.82) is 0 Å². The number of phenolic OH excluding ortho intramolecular Hbond substituents is 1. The number of methoxy groups -OCH3 is 3. The highest BCUT2D eigenvalue weighted by molar-refractivity contribution is 7.71. The van der Waals surface area contributed by atoms with Gasteiger partial charge in [-0.15, -0.1) is 0 Å². The SMILES string of the molecule is COC(=O)/C(=C\c1cc(OC)c(O)c(OC)c1)c1cc(=O)[nH]c(=S)[nH]1. The topological polar surface area (TPSA) is 114 Å². The Bertz CT molecular complexity index is 891. The fourth-order valence-corrected chi connectivity index (χ4v) is 2.34. The van der Waals surface area contributed by atoms with Crippen LogP contribution in [0.5, 0.6) is 17.2 Å². The minimum atomic E-state index is -0.678. The van der Waals surface area contributed by atoms with Crippen molar-refractivity contribution in [3.05, 3.63) is 44.6 Å². The predicted octanol–water partition coefficient (Wildman–Crippen LogP) is 1.87. The lowest BCUT2D eigenvalue weighted by molar-refractivity contribution is -0.133. The zero-order valence-corrected chi connectivity index (χ0v) is 14.5. The fraction of sp³-hybridized carbons (Fsp3) is 0.188. The summed E-state index contributed by atoms with van der Waals surface area (Å²) in [5.74, 6) is -0.526. The van der Waals surface area contributed by atoms with Gasteiger partial charge in [0.25, 0.3) is 5.56 Å². The first-order chi connectivity index (χ1) is 11.9. The van der Waals surface area contributed by atoms with Crippen molar-refractivity contribution in [2.45, 2.75) is 0 Å². The van der Waals surface area contributed by atoms with Gasteiger partial charge in [-0.3, -0.25) is 9.78 Å². The molecule has 0 spiro atoms. The Labute approximate surface area is 147 Å². The standard InChI is InChI=1S/C16H16N2O6S/c1-22-11-5-8(6-12(23-2)14(11)20)4-9(15(21)24-3)10-7-13(19)18-16(25)17-10/h4-7,20H,1-3H3,(H2,17,18,19,25)/b9-4-. The van der Waals surface area contributed by atoms with Gasteiger partial charge in [-0.2, -0.15) is 0 Å². The normalized spacial score (nSPS) is 11.1. The Kier molecular flexibility index (Phi) is 5.60. The summed E-state index contributed by atoms with van der Waals surface area (Å²) in [5.41, 5.74) is 0.266. The van der Waals surface area contributed by atoms with Crippen LogP contribution in [0, 0.1) is 4.77 Å². The quantitative estimate of drug-likeness (QED) is 0.422. The number of carbonyl (C=O) groups is 1. The van der Waals surface area contributed by atoms with E-state index in [1.807, 2.05) is 0 Å². The number of aromatic hydroxyl groups is 1. The van der Waals surface area contributed by atoms with Crippen LogP contribution in [-0.4, -0.2) is 42.4 Å². The second-order valence-corrected chi connectivity index (χ2v) is 5.23. The number of ether oxygens (including phenoxy) is 3. The van der Waals surface area contributed by atoms with Crippen LogP contribution in [0.2, 0.25) is 0 Å². The van der Waals surface area contributed by atoms with Gasteiger partial charge in [-0.05, 0) is 36.0 Å². The van der Waals surface area contributed by atoms with E-state index in [1.165, 1.54) is 45.6 Å². The Hall–Kier alpha value is -3.07. The van der Waals surface area contributed by atoms with Crippen molar-refractivity contribution in [2.24, 2.45) is 0 Å². The summed E-state index contributed by atoms with van der Waals surface area (Å²) in [7, 11) is 3.99. The van der Waals surface area contributed by atoms with Crippen LogP contribution in [-0.2, 0) is 9.53 Å². The molecule has 9 heteroatoms. The molecular formula is C16H16N2O6S. The average Bonchev–Trinajstić information content (AvgIpc) is 2.59. The first-order valence-corrected chi connectivity index (χ1v) is 7.39. The van der Waals surface area contributed by atoms with Crippen LogP contribution in [0.25, 0.3) is 11.6 Å². The molecule has 0 bridgehead atoms. The van der Waals surface area contributed by atoms with Gasteiger partial charge in [0.15, 0.2) is 16.3 Å². The van der Waals surface area contributed by atoms with E-state index in [0.717, 1.165) is 0 Å². The molecule has 2 aromatic rings. The zero-order chi connectivity index (χ0) is 18.6. The molecule has 25 heavy (non-hydrogen) atoms. The highest BCUT2D eigenvalue weighted by Gasteiger charge is 2.16. The molecule has 8 nitrogen and oxygen atoms in total. The number of hydrogen-bond donors (Lipinski definition) is 3. The molecule has 0 amide bonds. The summed E-state index contributed by atoms with van der Waals surface area (Å²) >= 11 is 4.93. The van der Waals surface area contributed by atoms with E-state index < -0.39 is 11.5 Å². The van der Waals surface area contributed by atoms with Gasteiger partial charge in [-0.1, -0.05) is 0 Å². The fourth-order valence-electron chi connectivity index (χ4n) is 2.13. The van der Waals surface area contributed by atoms with Gasteiger partial charge < -0.3 is 24.3 Å². The number of H-pyrrole nitrogens is 2. The molecule has 0 radical (unpaired) electrons. The van der Waals surface area contributed by atoms with E-state index in [1.54, 1.807) is 0 Å². The van der Waals surface area contributed by atoms with Crippen molar-refractivity contribution in [1.82, 2.24) is 9.97 Å². The average molecular weight is 364 g/mol. The van der Waals surface area contributed by atoms with E-state index in [-0.39, 0.29) is 33.3 Å². The van der Waals surface area contributed by atoms with Crippen LogP contribution < -0.4 is 15.0 Å². The van der Waals surface area contributed by atoms with Crippen molar-refractivity contribution in [2.75, 3.05) is 21.3 Å². The first-order valence-electron chi connectivity index (χ1n) is 6.98.